The third-order valence-corrected chi connectivity index (χ3v) is 2.80. The maximum Gasteiger partial charge on any atom is 0.234 e. The number of hydrogen-bond acceptors (Lipinski definition) is 3. The molecule has 1 aromatic carbocycles. The number of rotatable bonds is 4. The van der Waals surface area contributed by atoms with Crippen LogP contribution in [0.2, 0.25) is 0 Å². The first-order valence-corrected chi connectivity index (χ1v) is 5.62. The summed E-state index contributed by atoms with van der Waals surface area (Å²) in [6.07, 6.45) is 0. The third-order valence-electron chi connectivity index (χ3n) is 2.80. The number of benzene rings is 1. The maximum absolute atomic E-state index is 11.0. The van der Waals surface area contributed by atoms with Gasteiger partial charge in [0.2, 0.25) is 5.91 Å². The van der Waals surface area contributed by atoms with E-state index in [4.69, 9.17) is 10.2 Å². The molecule has 0 saturated heterocycles. The highest BCUT2D eigenvalue weighted by molar-refractivity contribution is 5.79. The lowest BCUT2D eigenvalue weighted by atomic mass is 10.2. The number of furan rings is 1. The average molecular weight is 232 g/mol. The molecule has 2 aromatic rings. The van der Waals surface area contributed by atoms with Gasteiger partial charge in [-0.2, -0.15) is 0 Å². The molecule has 2 atom stereocenters. The van der Waals surface area contributed by atoms with Gasteiger partial charge in [-0.25, -0.2) is 0 Å². The largest absolute Gasteiger partial charge is 0.459 e. The summed E-state index contributed by atoms with van der Waals surface area (Å²) >= 11 is 0. The summed E-state index contributed by atoms with van der Waals surface area (Å²) in [6, 6.07) is 9.35. The first-order valence-electron chi connectivity index (χ1n) is 5.62. The minimum atomic E-state index is -0.377. The van der Waals surface area contributed by atoms with Crippen LogP contribution in [0.3, 0.4) is 0 Å². The van der Waals surface area contributed by atoms with E-state index < -0.39 is 0 Å². The van der Waals surface area contributed by atoms with Crippen LogP contribution in [0.5, 0.6) is 0 Å². The van der Waals surface area contributed by atoms with Gasteiger partial charge in [-0.3, -0.25) is 10.1 Å². The zero-order valence-electron chi connectivity index (χ0n) is 9.94. The number of primary amides is 1. The molecular formula is C13H16N2O2. The Kier molecular flexibility index (Phi) is 3.15. The van der Waals surface area contributed by atoms with E-state index in [0.29, 0.717) is 0 Å². The zero-order valence-corrected chi connectivity index (χ0v) is 9.94. The average Bonchev–Trinajstić information content (AvgIpc) is 2.72. The molecule has 1 aromatic heterocycles. The van der Waals surface area contributed by atoms with E-state index in [9.17, 15) is 4.79 Å². The Bertz CT molecular complexity index is 500. The van der Waals surface area contributed by atoms with Crippen LogP contribution in [0.15, 0.2) is 34.7 Å². The van der Waals surface area contributed by atoms with Crippen LogP contribution in [0.4, 0.5) is 0 Å². The van der Waals surface area contributed by atoms with Crippen molar-refractivity contribution in [3.63, 3.8) is 0 Å². The highest BCUT2D eigenvalue weighted by Gasteiger charge is 2.16. The number of carbonyl (C=O) groups is 1. The van der Waals surface area contributed by atoms with E-state index in [1.54, 1.807) is 6.92 Å². The summed E-state index contributed by atoms with van der Waals surface area (Å²) in [5.41, 5.74) is 6.06. The molecule has 90 valence electrons. The van der Waals surface area contributed by atoms with E-state index in [1.807, 2.05) is 37.3 Å². The molecule has 17 heavy (non-hydrogen) atoms. The van der Waals surface area contributed by atoms with Crippen LogP contribution in [0, 0.1) is 0 Å². The van der Waals surface area contributed by atoms with Crippen molar-refractivity contribution < 1.29 is 9.21 Å². The summed E-state index contributed by atoms with van der Waals surface area (Å²) in [6.45, 7) is 3.68. The number of carbonyl (C=O) groups excluding carboxylic acids is 1. The van der Waals surface area contributed by atoms with Crippen LogP contribution >= 0.6 is 0 Å². The van der Waals surface area contributed by atoms with Gasteiger partial charge in [0.25, 0.3) is 0 Å². The summed E-state index contributed by atoms with van der Waals surface area (Å²) in [4.78, 5) is 11.0. The monoisotopic (exact) mass is 232 g/mol. The number of para-hydroxylation sites is 1. The number of fused-ring (bicyclic) bond motifs is 1. The molecule has 2 rings (SSSR count). The van der Waals surface area contributed by atoms with Gasteiger partial charge >= 0.3 is 0 Å². The lowest BCUT2D eigenvalue weighted by Gasteiger charge is -2.15. The van der Waals surface area contributed by atoms with Crippen LogP contribution < -0.4 is 11.1 Å². The molecule has 0 aliphatic carbocycles. The molecule has 1 heterocycles. The van der Waals surface area contributed by atoms with Crippen LogP contribution in [0.25, 0.3) is 11.0 Å². The lowest BCUT2D eigenvalue weighted by molar-refractivity contribution is -0.119. The van der Waals surface area contributed by atoms with Crippen LogP contribution in [-0.4, -0.2) is 11.9 Å². The van der Waals surface area contributed by atoms with Gasteiger partial charge in [0.15, 0.2) is 0 Å². The Morgan fingerprint density at radius 3 is 2.71 bits per heavy atom. The summed E-state index contributed by atoms with van der Waals surface area (Å²) in [5, 5.41) is 4.15. The molecule has 0 fully saturated rings. The number of nitrogens with two attached hydrogens (primary N) is 1. The Labute approximate surface area is 99.8 Å². The third kappa shape index (κ3) is 2.47. The van der Waals surface area contributed by atoms with E-state index in [1.165, 1.54) is 0 Å². The van der Waals surface area contributed by atoms with Crippen molar-refractivity contribution in [2.24, 2.45) is 5.73 Å². The second-order valence-electron chi connectivity index (χ2n) is 4.20. The summed E-state index contributed by atoms with van der Waals surface area (Å²) in [7, 11) is 0. The molecule has 0 spiro atoms. The van der Waals surface area contributed by atoms with E-state index in [-0.39, 0.29) is 18.0 Å². The first kappa shape index (κ1) is 11.7. The predicted octanol–water partition coefficient (Wildman–Crippen LogP) is 1.96. The van der Waals surface area contributed by atoms with Crippen molar-refractivity contribution in [1.82, 2.24) is 5.32 Å². The summed E-state index contributed by atoms with van der Waals surface area (Å²) in [5.74, 6) is 0.437. The molecule has 4 nitrogen and oxygen atoms in total. The number of amides is 1. The Morgan fingerprint density at radius 1 is 1.35 bits per heavy atom. The van der Waals surface area contributed by atoms with Crippen molar-refractivity contribution in [2.45, 2.75) is 25.9 Å². The SMILES string of the molecule is CC(NC(C)c1cc2ccccc2o1)C(N)=O. The van der Waals surface area contributed by atoms with Gasteiger partial charge in [-0.05, 0) is 26.0 Å². The zero-order chi connectivity index (χ0) is 12.4. The molecular weight excluding hydrogens is 216 g/mol. The Hall–Kier alpha value is -1.81. The quantitative estimate of drug-likeness (QED) is 0.846. The van der Waals surface area contributed by atoms with Crippen molar-refractivity contribution in [3.05, 3.63) is 36.1 Å². The molecule has 0 bridgehead atoms. The maximum atomic E-state index is 11.0. The molecule has 0 saturated carbocycles. The molecule has 0 aliphatic rings. The van der Waals surface area contributed by atoms with Crippen molar-refractivity contribution in [2.75, 3.05) is 0 Å². The minimum Gasteiger partial charge on any atom is -0.459 e. The van der Waals surface area contributed by atoms with Gasteiger partial charge in [-0.1, -0.05) is 18.2 Å². The molecule has 0 radical (unpaired) electrons. The standard InChI is InChI=1S/C13H16N2O2/c1-8(15-9(2)13(14)16)12-7-10-5-3-4-6-11(10)17-12/h3-9,15H,1-2H3,(H2,14,16). The van der Waals surface area contributed by atoms with E-state index >= 15 is 0 Å². The summed E-state index contributed by atoms with van der Waals surface area (Å²) < 4.78 is 5.70. The topological polar surface area (TPSA) is 68.3 Å². The van der Waals surface area contributed by atoms with Crippen LogP contribution in [0.1, 0.15) is 25.6 Å². The first-order chi connectivity index (χ1) is 8.08. The smallest absolute Gasteiger partial charge is 0.234 e. The van der Waals surface area contributed by atoms with Gasteiger partial charge in [0.1, 0.15) is 11.3 Å². The van der Waals surface area contributed by atoms with Gasteiger partial charge in [-0.15, -0.1) is 0 Å². The predicted molar refractivity (Wildman–Crippen MR) is 66.4 cm³/mol. The fraction of sp³-hybridized carbons (Fsp3) is 0.308. The highest BCUT2D eigenvalue weighted by Crippen LogP contribution is 2.23. The van der Waals surface area contributed by atoms with Crippen molar-refractivity contribution in [1.29, 1.82) is 0 Å². The minimum absolute atomic E-state index is 0.0510. The van der Waals surface area contributed by atoms with Gasteiger partial charge in [0.05, 0.1) is 12.1 Å². The van der Waals surface area contributed by atoms with Crippen molar-refractivity contribution in [3.8, 4) is 0 Å². The van der Waals surface area contributed by atoms with Crippen molar-refractivity contribution >= 4 is 16.9 Å². The fourth-order valence-corrected chi connectivity index (χ4v) is 1.76. The van der Waals surface area contributed by atoms with E-state index in [0.717, 1.165) is 16.7 Å². The molecule has 3 N–H and O–H groups in total. The van der Waals surface area contributed by atoms with Crippen LogP contribution in [-0.2, 0) is 4.79 Å². The second kappa shape index (κ2) is 4.59. The lowest BCUT2D eigenvalue weighted by Crippen LogP contribution is -2.39. The normalized spacial score (nSPS) is 14.7. The molecule has 2 unspecified atom stereocenters. The van der Waals surface area contributed by atoms with Gasteiger partial charge in [0, 0.05) is 5.39 Å². The van der Waals surface area contributed by atoms with E-state index in [2.05, 4.69) is 5.32 Å². The molecule has 1 amide bonds. The second-order valence-corrected chi connectivity index (χ2v) is 4.20. The molecule has 4 heteroatoms. The Morgan fingerprint density at radius 2 is 2.06 bits per heavy atom. The fourth-order valence-electron chi connectivity index (χ4n) is 1.76. The van der Waals surface area contributed by atoms with Gasteiger partial charge < -0.3 is 10.2 Å². The molecule has 0 aliphatic heterocycles. The number of hydrogen-bond donors (Lipinski definition) is 2. The highest BCUT2D eigenvalue weighted by atomic mass is 16.3. The number of nitrogens with one attached hydrogen (secondary N) is 1. The Balaban J connectivity index is 2.19.